The number of benzene rings is 9. The third kappa shape index (κ3) is 24.6. The lowest BCUT2D eigenvalue weighted by Crippen LogP contribution is -2.02. The van der Waals surface area contributed by atoms with Crippen LogP contribution >= 0.6 is 91.5 Å². The first-order valence-electron chi connectivity index (χ1n) is 41.0. The van der Waals surface area contributed by atoms with Crippen LogP contribution in [-0.2, 0) is 13.2 Å². The number of hydrogen-bond donors (Lipinski definition) is 7. The van der Waals surface area contributed by atoms with Crippen LogP contribution in [0.25, 0.3) is 86.9 Å². The first-order chi connectivity index (χ1) is 65.3. The highest BCUT2D eigenvalue weighted by molar-refractivity contribution is 7.14. The van der Waals surface area contributed by atoms with E-state index in [1.165, 1.54) is 22.7 Å². The summed E-state index contributed by atoms with van der Waals surface area (Å²) in [5, 5.41) is 35.6. The number of pyridine rings is 1. The molecular formula is C99H76Cl3N23O3S5. The zero-order valence-electron chi connectivity index (χ0n) is 70.6. The number of thiazole rings is 5. The maximum Gasteiger partial charge on any atom is 0.231 e. The monoisotopic (exact) mass is 1900 g/mol. The van der Waals surface area contributed by atoms with Crippen molar-refractivity contribution in [1.29, 1.82) is 0 Å². The molecule has 0 radical (unpaired) electrons. The molecule has 0 aliphatic carbocycles. The number of nitrogens with two attached hydrogens (primary N) is 1. The maximum absolute atomic E-state index is 6.23. The van der Waals surface area contributed by atoms with Gasteiger partial charge in [0.1, 0.15) is 65.9 Å². The number of rotatable bonds is 24. The van der Waals surface area contributed by atoms with Gasteiger partial charge in [0.25, 0.3) is 0 Å². The second-order valence-corrected chi connectivity index (χ2v) is 34.5. The molecule has 0 amide bonds. The van der Waals surface area contributed by atoms with Gasteiger partial charge >= 0.3 is 0 Å². The summed E-state index contributed by atoms with van der Waals surface area (Å²) in [7, 11) is 0. The topological polar surface area (TPSA) is 332 Å². The van der Waals surface area contributed by atoms with Gasteiger partial charge in [-0.25, -0.2) is 74.8 Å². The Morgan fingerprint density at radius 2 is 0.752 bits per heavy atom. The van der Waals surface area contributed by atoms with Crippen molar-refractivity contribution in [2.45, 2.75) is 27.0 Å². The van der Waals surface area contributed by atoms with Crippen LogP contribution in [0.3, 0.4) is 0 Å². The normalized spacial score (nSPS) is 10.9. The zero-order chi connectivity index (χ0) is 90.9. The fourth-order valence-corrected chi connectivity index (χ4v) is 17.0. The van der Waals surface area contributed by atoms with E-state index < -0.39 is 0 Å². The van der Waals surface area contributed by atoms with Gasteiger partial charge in [0, 0.05) is 185 Å². The summed E-state index contributed by atoms with van der Waals surface area (Å²) in [4.78, 5) is 70.2. The van der Waals surface area contributed by atoms with Crippen molar-refractivity contribution in [2.75, 3.05) is 44.4 Å². The van der Waals surface area contributed by atoms with E-state index in [1.54, 1.807) is 89.8 Å². The molecule has 0 spiro atoms. The Morgan fingerprint density at radius 1 is 0.338 bits per heavy atom. The molecule has 656 valence electrons. The lowest BCUT2D eigenvalue weighted by atomic mass is 10.0. The lowest BCUT2D eigenvalue weighted by molar-refractivity contribution is 0.174. The summed E-state index contributed by atoms with van der Waals surface area (Å²) in [6.45, 7) is 5.18. The predicted octanol–water partition coefficient (Wildman–Crippen LogP) is 26.2. The fraction of sp³-hybridized carbons (Fsp3) is 0.0505. The van der Waals surface area contributed by atoms with Gasteiger partial charge in [-0.2, -0.15) is 0 Å². The molecule has 11 aromatic heterocycles. The maximum atomic E-state index is 6.23. The number of nitrogens with one attached hydrogen (secondary N) is 6. The number of hydrogen-bond acceptors (Lipinski definition) is 31. The van der Waals surface area contributed by atoms with Crippen LogP contribution in [0.5, 0.6) is 17.2 Å². The van der Waals surface area contributed by atoms with Crippen LogP contribution in [0, 0.1) is 13.8 Å². The Labute approximate surface area is 799 Å². The van der Waals surface area contributed by atoms with Crippen LogP contribution in [-0.4, -0.2) is 86.5 Å². The highest BCUT2D eigenvalue weighted by Gasteiger charge is 2.18. The van der Waals surface area contributed by atoms with Crippen molar-refractivity contribution in [3.63, 3.8) is 0 Å². The number of aryl methyl sites for hydroxylation is 2. The van der Waals surface area contributed by atoms with Gasteiger partial charge in [-0.3, -0.25) is 4.98 Å². The number of fused-ring (bicyclic) bond motifs is 1. The Kier molecular flexibility index (Phi) is 29.8. The molecule has 0 saturated carbocycles. The molecule has 34 heteroatoms. The lowest BCUT2D eigenvalue weighted by Gasteiger charge is -2.11. The SMILES string of the molecule is Cc1cnc(Nc2cccc(-c3cccc(N)c3)c2)nc1-c1nccs1.Cc1cnc(Nc2cccc(-c3cccnc3)c2)nc1-c1nccs1.Clc1cccc(Cl)c1CNc1cccc(Nc2nccc(-c3nccs3)n2)c1.Clc1ccccc1COc1cccc(Nc2nccc(-c3nccs3)n2)c1.c1cc(Nc2nccc(-c3nccs3)n2)cc(-c2ccc3c(c2)OCO3)c1. The van der Waals surface area contributed by atoms with Crippen LogP contribution < -0.4 is 51.8 Å². The molecule has 20 aromatic rings. The van der Waals surface area contributed by atoms with Crippen LogP contribution in [0.2, 0.25) is 15.1 Å². The summed E-state index contributed by atoms with van der Waals surface area (Å²) in [5.41, 5.74) is 26.3. The highest BCUT2D eigenvalue weighted by atomic mass is 35.5. The van der Waals surface area contributed by atoms with E-state index in [0.717, 1.165) is 166 Å². The standard InChI is InChI=1S/C20H15Cl2N5S.C20H15ClN4OS.C20H17N5S.C20H14N4O2S.C19H15N5S/c21-16-5-2-6-17(22)15(16)12-25-13-3-1-4-14(11-13)26-20-24-8-7-18(27-20)19-23-9-10-28-19;21-17-7-2-1-4-14(17)13-26-16-6-3-5-15(12-16)24-20-23-9-8-18(25-20)19-22-10-11-27-19;1-13-12-23-20(25-18(13)19-22-8-9-26-19)24-17-7-3-5-15(11-17)14-4-2-6-16(21)10-14;1-2-13(14-4-5-17-18(11-14)26-12-25-17)10-15(3-1)23-20-22-7-6-16(24-20)19-21-8-9-27-19;1-13-11-22-19(24-17(13)18-21-8-9-25-18)23-16-6-2-4-14(10-16)15-5-3-7-20-12-15/h1-11,25H,12H2,(H,24,26,27);1-12H,13H2,(H,23,24,25);2-12H,21H2,1H3,(H,23,24,25);1-11H,12H2,(H,22,23,24);2-12H,1H3,(H,22,23,24). The first-order valence-corrected chi connectivity index (χ1v) is 46.5. The molecule has 0 bridgehead atoms. The number of nitrogen functional groups attached to an aromatic ring is 1. The van der Waals surface area contributed by atoms with E-state index in [1.807, 2.05) is 260 Å². The second kappa shape index (κ2) is 44.2. The summed E-state index contributed by atoms with van der Waals surface area (Å²) >= 11 is 26.4. The third-order valence-electron chi connectivity index (χ3n) is 19.5. The Balaban J connectivity index is 0.000000116. The average Bonchev–Trinajstić information content (AvgIpc) is 1.80. The van der Waals surface area contributed by atoms with E-state index in [0.29, 0.717) is 58.0 Å². The molecule has 12 heterocycles. The second-order valence-electron chi connectivity index (χ2n) is 28.8. The Bertz CT molecular complexity index is 7230. The number of aromatic nitrogens is 16. The number of halogens is 3. The molecule has 9 aromatic carbocycles. The van der Waals surface area contributed by atoms with E-state index in [-0.39, 0.29) is 6.79 Å². The number of anilines is 12. The largest absolute Gasteiger partial charge is 0.489 e. The van der Waals surface area contributed by atoms with Crippen molar-refractivity contribution >= 4 is 161 Å². The quantitative estimate of drug-likeness (QED) is 0.0276. The van der Waals surface area contributed by atoms with Gasteiger partial charge in [-0.1, -0.05) is 132 Å². The van der Waals surface area contributed by atoms with E-state index in [9.17, 15) is 0 Å². The molecule has 0 fully saturated rings. The summed E-state index contributed by atoms with van der Waals surface area (Å²) in [5.74, 6) is 4.93. The van der Waals surface area contributed by atoms with E-state index in [2.05, 4.69) is 148 Å². The summed E-state index contributed by atoms with van der Waals surface area (Å²) in [6.07, 6.45) is 21.3. The molecule has 133 heavy (non-hydrogen) atoms. The van der Waals surface area contributed by atoms with Crippen molar-refractivity contribution in [3.05, 3.63) is 375 Å². The van der Waals surface area contributed by atoms with Gasteiger partial charge in [0.15, 0.2) is 11.5 Å². The van der Waals surface area contributed by atoms with E-state index >= 15 is 0 Å². The molecule has 26 nitrogen and oxygen atoms in total. The van der Waals surface area contributed by atoms with Crippen molar-refractivity contribution in [3.8, 4) is 104 Å². The average molecular weight is 1900 g/mol. The third-order valence-corrected chi connectivity index (χ3v) is 24.5. The Hall–Kier alpha value is -15.5. The van der Waals surface area contributed by atoms with Crippen LogP contribution in [0.4, 0.5) is 69.6 Å². The van der Waals surface area contributed by atoms with Crippen LogP contribution in [0.15, 0.2) is 338 Å². The van der Waals surface area contributed by atoms with Crippen molar-refractivity contribution < 1.29 is 14.2 Å². The van der Waals surface area contributed by atoms with Crippen molar-refractivity contribution in [2.24, 2.45) is 0 Å². The predicted molar refractivity (Wildman–Crippen MR) is 538 cm³/mol. The van der Waals surface area contributed by atoms with Gasteiger partial charge < -0.3 is 51.8 Å². The minimum atomic E-state index is 0.271. The van der Waals surface area contributed by atoms with Gasteiger partial charge in [0.05, 0.1) is 0 Å². The first kappa shape index (κ1) is 89.5. The van der Waals surface area contributed by atoms with Gasteiger partial charge in [-0.05, 0) is 186 Å². The molecule has 1 aliphatic rings. The number of nitrogens with zero attached hydrogens (tertiary/aromatic N) is 16. The molecule has 0 saturated heterocycles. The van der Waals surface area contributed by atoms with Gasteiger partial charge in [0.2, 0.25) is 36.5 Å². The summed E-state index contributed by atoms with van der Waals surface area (Å²) in [6, 6.07) is 76.2. The molecular weight excluding hydrogens is 1830 g/mol. The molecule has 1 aliphatic heterocycles. The molecule has 8 N–H and O–H groups in total. The highest BCUT2D eigenvalue weighted by Crippen LogP contribution is 2.39. The fourth-order valence-electron chi connectivity index (χ4n) is 13.1. The minimum Gasteiger partial charge on any atom is -0.489 e. The van der Waals surface area contributed by atoms with E-state index in [4.69, 9.17) is 54.7 Å². The summed E-state index contributed by atoms with van der Waals surface area (Å²) < 4.78 is 16.7. The zero-order valence-corrected chi connectivity index (χ0v) is 76.9. The number of ether oxygens (including phenoxy) is 3. The smallest absolute Gasteiger partial charge is 0.231 e. The molecule has 21 rings (SSSR count). The molecule has 0 unspecified atom stereocenters. The van der Waals surface area contributed by atoms with Crippen molar-refractivity contribution in [1.82, 2.24) is 79.7 Å². The molecule has 0 atom stereocenters. The Morgan fingerprint density at radius 3 is 1.24 bits per heavy atom. The van der Waals surface area contributed by atoms with Gasteiger partial charge in [-0.15, -0.1) is 56.7 Å². The minimum absolute atomic E-state index is 0.271. The van der Waals surface area contributed by atoms with Crippen LogP contribution in [0.1, 0.15) is 22.3 Å².